The van der Waals surface area contributed by atoms with Crippen LogP contribution in [0.2, 0.25) is 0 Å². The Kier molecular flexibility index (Phi) is 23.3. The molecule has 23 heteroatoms. The Morgan fingerprint density at radius 1 is 0.645 bits per heavy atom. The summed E-state index contributed by atoms with van der Waals surface area (Å²) in [6.45, 7) is 5.30. The van der Waals surface area contributed by atoms with Crippen LogP contribution in [0.5, 0.6) is 0 Å². The molecular formula is C39H63N7O16. The maximum atomic E-state index is 12.9. The van der Waals surface area contributed by atoms with Crippen LogP contribution in [0.15, 0.2) is 12.2 Å². The van der Waals surface area contributed by atoms with Gasteiger partial charge in [0.1, 0.15) is 6.10 Å². The number of nitrogens with zero attached hydrogens (tertiary/aromatic N) is 5. The van der Waals surface area contributed by atoms with E-state index in [0.717, 1.165) is 0 Å². The molecule has 0 aromatic heterocycles. The van der Waals surface area contributed by atoms with Crippen molar-refractivity contribution in [1.29, 1.82) is 0 Å². The second-order valence-corrected chi connectivity index (χ2v) is 15.4. The lowest BCUT2D eigenvalue weighted by Gasteiger charge is -2.32. The molecule has 0 unspecified atom stereocenters. The summed E-state index contributed by atoms with van der Waals surface area (Å²) in [5.41, 5.74) is -0.977. The molecule has 0 bridgehead atoms. The van der Waals surface area contributed by atoms with E-state index >= 15 is 0 Å². The molecule has 2 heterocycles. The molecule has 350 valence electrons. The van der Waals surface area contributed by atoms with Gasteiger partial charge >= 0.3 is 30.0 Å². The van der Waals surface area contributed by atoms with Crippen molar-refractivity contribution in [3.05, 3.63) is 12.2 Å². The van der Waals surface area contributed by atoms with E-state index in [1.54, 1.807) is 27.7 Å². The lowest BCUT2D eigenvalue weighted by atomic mass is 9.79. The zero-order valence-corrected chi connectivity index (χ0v) is 35.5. The summed E-state index contributed by atoms with van der Waals surface area (Å²) in [5.74, 6) is -5.14. The minimum Gasteiger partial charge on any atom is -0.480 e. The molecule has 0 radical (unpaired) electrons. The van der Waals surface area contributed by atoms with Crippen molar-refractivity contribution in [1.82, 2.24) is 35.3 Å². The highest BCUT2D eigenvalue weighted by Crippen LogP contribution is 2.35. The van der Waals surface area contributed by atoms with E-state index in [1.807, 2.05) is 11.0 Å². The van der Waals surface area contributed by atoms with Gasteiger partial charge in [-0.15, -0.1) is 5.06 Å². The van der Waals surface area contributed by atoms with Crippen LogP contribution in [-0.2, 0) is 57.3 Å². The number of allylic oxidation sites excluding steroid dienone is 1. The van der Waals surface area contributed by atoms with Crippen molar-refractivity contribution in [3.63, 3.8) is 0 Å². The first-order valence-corrected chi connectivity index (χ1v) is 20.9. The van der Waals surface area contributed by atoms with Crippen LogP contribution in [0.1, 0.15) is 45.4 Å². The second kappa shape index (κ2) is 28.0. The van der Waals surface area contributed by atoms with Crippen LogP contribution in [0.3, 0.4) is 0 Å². The molecular weight excluding hydrogens is 822 g/mol. The molecule has 3 rings (SSSR count). The topological polar surface area (TPSA) is 284 Å². The summed E-state index contributed by atoms with van der Waals surface area (Å²) in [6.07, 6.45) is 3.95. The zero-order chi connectivity index (χ0) is 45.3. The number of hydrogen-bond acceptors (Lipinski definition) is 17. The molecule has 5 N–H and O–H groups in total. The molecule has 0 aromatic rings. The molecule has 62 heavy (non-hydrogen) atoms. The van der Waals surface area contributed by atoms with E-state index in [1.165, 1.54) is 0 Å². The summed E-state index contributed by atoms with van der Waals surface area (Å²) >= 11 is 0. The largest absolute Gasteiger partial charge is 0.480 e. The van der Waals surface area contributed by atoms with Gasteiger partial charge in [-0.1, -0.05) is 6.08 Å². The van der Waals surface area contributed by atoms with Gasteiger partial charge in [0.25, 0.3) is 11.8 Å². The predicted molar refractivity (Wildman–Crippen MR) is 215 cm³/mol. The first-order chi connectivity index (χ1) is 29.6. The highest BCUT2D eigenvalue weighted by molar-refractivity contribution is 6.01. The molecule has 23 nitrogen and oxygen atoms in total. The third-order valence-electron chi connectivity index (χ3n) is 10.3. The van der Waals surface area contributed by atoms with Crippen LogP contribution >= 0.6 is 0 Å². The molecule has 2 saturated heterocycles. The molecule has 0 saturated carbocycles. The molecule has 3 aliphatic rings. The number of hydroxylamine groups is 2. The average molecular weight is 886 g/mol. The van der Waals surface area contributed by atoms with E-state index in [0.29, 0.717) is 56.9 Å². The van der Waals surface area contributed by atoms with Crippen molar-refractivity contribution in [2.45, 2.75) is 51.6 Å². The fourth-order valence-electron chi connectivity index (χ4n) is 6.74. The van der Waals surface area contributed by atoms with Crippen molar-refractivity contribution in [2.75, 3.05) is 131 Å². The number of alkyl carbamates (subject to hydrolysis) is 1. The van der Waals surface area contributed by atoms with Gasteiger partial charge in [-0.3, -0.25) is 48.4 Å². The monoisotopic (exact) mass is 885 g/mol. The summed E-state index contributed by atoms with van der Waals surface area (Å²) in [5, 5.41) is 34.1. The first kappa shape index (κ1) is 51.6. The number of rotatable bonds is 23. The van der Waals surface area contributed by atoms with Crippen molar-refractivity contribution < 1.29 is 77.5 Å². The van der Waals surface area contributed by atoms with Gasteiger partial charge < -0.3 is 49.7 Å². The van der Waals surface area contributed by atoms with Crippen LogP contribution in [-0.4, -0.2) is 225 Å². The predicted octanol–water partition coefficient (Wildman–Crippen LogP) is -1.53. The van der Waals surface area contributed by atoms with E-state index in [9.17, 15) is 53.7 Å². The Hall–Kier alpha value is -4.78. The minimum absolute atomic E-state index is 0.000281. The van der Waals surface area contributed by atoms with E-state index in [-0.39, 0.29) is 124 Å². The third-order valence-corrected chi connectivity index (χ3v) is 10.3. The van der Waals surface area contributed by atoms with Gasteiger partial charge in [0.05, 0.1) is 71.2 Å². The Bertz CT molecular complexity index is 1490. The number of hydrogen-bond donors (Lipinski definition) is 5. The fourth-order valence-corrected chi connectivity index (χ4v) is 6.74. The van der Waals surface area contributed by atoms with Gasteiger partial charge in [-0.2, -0.15) is 0 Å². The molecule has 0 aromatic carbocycles. The quantitative estimate of drug-likeness (QED) is 0.0442. The van der Waals surface area contributed by atoms with Gasteiger partial charge in [-0.25, -0.2) is 9.59 Å². The Morgan fingerprint density at radius 2 is 1.08 bits per heavy atom. The molecule has 1 aliphatic carbocycles. The Labute approximate surface area is 360 Å². The van der Waals surface area contributed by atoms with Crippen LogP contribution in [0.4, 0.5) is 4.79 Å². The highest BCUT2D eigenvalue weighted by atomic mass is 16.7. The number of carboxylic acids is 3. The lowest BCUT2D eigenvalue weighted by molar-refractivity contribution is -0.205. The molecule has 4 amide bonds. The number of carbonyl (C=O) groups excluding carboxylic acids is 5. The third kappa shape index (κ3) is 20.9. The number of aliphatic carboxylic acids is 3. The average Bonchev–Trinajstić information content (AvgIpc) is 3.51. The number of ether oxygens (including phenoxy) is 4. The minimum atomic E-state index is -1.04. The van der Waals surface area contributed by atoms with Crippen molar-refractivity contribution in [3.8, 4) is 0 Å². The van der Waals surface area contributed by atoms with E-state index < -0.39 is 53.3 Å². The highest BCUT2D eigenvalue weighted by Gasteiger charge is 2.41. The molecule has 0 spiro atoms. The van der Waals surface area contributed by atoms with E-state index in [4.69, 9.17) is 23.8 Å². The van der Waals surface area contributed by atoms with Crippen LogP contribution in [0, 0.1) is 5.41 Å². The zero-order valence-electron chi connectivity index (χ0n) is 35.5. The standard InChI is InChI=1S/C39H63N7O16/c1-39(37(56)62-46-32(48)5-6-33(46)49)8-3-2-4-30(7-9-39)61-38(57)41-11-21-59-23-25-60-24-22-58-20-10-40-31(47)26-42-12-14-43(27-34(50)51)16-18-45(29-36(54)55)19-17-44(15-13-42)28-35(52)53/h2,4,30H,3,5-29H2,1H3,(H,40,47)(H,41,57)(H,50,51)(H,52,53)(H,54,55)/b4-2+/t30-,39+/m0/s1. The number of amides is 4. The normalized spacial score (nSPS) is 22.1. The van der Waals surface area contributed by atoms with Crippen molar-refractivity contribution in [2.24, 2.45) is 5.41 Å². The lowest BCUT2D eigenvalue weighted by Crippen LogP contribution is -2.50. The Balaban J connectivity index is 1.24. The summed E-state index contributed by atoms with van der Waals surface area (Å²) < 4.78 is 22.0. The smallest absolute Gasteiger partial charge is 0.407 e. The van der Waals surface area contributed by atoms with Gasteiger partial charge in [0.2, 0.25) is 5.91 Å². The number of imide groups is 1. The summed E-state index contributed by atoms with van der Waals surface area (Å²) in [6, 6.07) is 0. The maximum absolute atomic E-state index is 12.9. The number of carboxylic acid groups (broad SMARTS) is 3. The Morgan fingerprint density at radius 3 is 1.55 bits per heavy atom. The molecule has 2 atom stereocenters. The second-order valence-electron chi connectivity index (χ2n) is 15.4. The van der Waals surface area contributed by atoms with Gasteiger partial charge in [0.15, 0.2) is 0 Å². The number of carbonyl (C=O) groups is 8. The number of nitrogens with one attached hydrogen (secondary N) is 2. The summed E-state index contributed by atoms with van der Waals surface area (Å²) in [7, 11) is 0. The fraction of sp³-hybridized carbons (Fsp3) is 0.744. The molecule has 2 fully saturated rings. The van der Waals surface area contributed by atoms with Crippen LogP contribution < -0.4 is 10.6 Å². The van der Waals surface area contributed by atoms with Gasteiger partial charge in [-0.05, 0) is 38.7 Å². The summed E-state index contributed by atoms with van der Waals surface area (Å²) in [4.78, 5) is 108. The molecule has 2 aliphatic heterocycles. The maximum Gasteiger partial charge on any atom is 0.407 e. The van der Waals surface area contributed by atoms with Crippen molar-refractivity contribution >= 4 is 47.7 Å². The van der Waals surface area contributed by atoms with E-state index in [2.05, 4.69) is 10.6 Å². The van der Waals surface area contributed by atoms with Gasteiger partial charge in [0, 0.05) is 78.3 Å². The first-order valence-electron chi connectivity index (χ1n) is 20.9. The van der Waals surface area contributed by atoms with Crippen LogP contribution in [0.25, 0.3) is 0 Å². The SMILES string of the molecule is C[C@@]1(C(=O)ON2C(=O)CCC2=O)CC/C=C/[C@H](OC(=O)NCCOCCOCCOCCNC(=O)CN2CCN(CC(=O)O)CCN(CC(=O)O)CCN(CC(=O)O)CC2)CC1.